The Kier molecular flexibility index (Phi) is 4.58. The molecule has 0 spiro atoms. The van der Waals surface area contributed by atoms with Crippen LogP contribution in [0.3, 0.4) is 0 Å². The standard InChI is InChI=1S/C17H22N2/c1-3-17(18)15-9-11-16(12-10-15)19(2)13-14-7-5-4-6-8-14/h4-12,17H,3,13,18H2,1-2H3/t17-/m0/s1. The van der Waals surface area contributed by atoms with E-state index < -0.39 is 0 Å². The van der Waals surface area contributed by atoms with E-state index >= 15 is 0 Å². The molecule has 2 aromatic carbocycles. The zero-order chi connectivity index (χ0) is 13.7. The summed E-state index contributed by atoms with van der Waals surface area (Å²) >= 11 is 0. The van der Waals surface area contributed by atoms with E-state index in [1.165, 1.54) is 16.8 Å². The molecule has 100 valence electrons. The van der Waals surface area contributed by atoms with E-state index in [9.17, 15) is 0 Å². The average molecular weight is 254 g/mol. The van der Waals surface area contributed by atoms with Gasteiger partial charge in [-0.1, -0.05) is 49.4 Å². The van der Waals surface area contributed by atoms with E-state index in [-0.39, 0.29) is 6.04 Å². The van der Waals surface area contributed by atoms with Gasteiger partial charge in [-0.05, 0) is 29.7 Å². The molecule has 0 aromatic heterocycles. The fourth-order valence-electron chi connectivity index (χ4n) is 2.16. The minimum atomic E-state index is 0.147. The van der Waals surface area contributed by atoms with Gasteiger partial charge in [0.05, 0.1) is 0 Å². The summed E-state index contributed by atoms with van der Waals surface area (Å²) in [6.07, 6.45) is 0.971. The van der Waals surface area contributed by atoms with Crippen LogP contribution in [-0.2, 0) is 6.54 Å². The van der Waals surface area contributed by atoms with Crippen molar-refractivity contribution >= 4 is 5.69 Å². The maximum absolute atomic E-state index is 6.03. The van der Waals surface area contributed by atoms with Crippen LogP contribution >= 0.6 is 0 Å². The van der Waals surface area contributed by atoms with E-state index in [0.717, 1.165) is 13.0 Å². The van der Waals surface area contributed by atoms with Gasteiger partial charge in [0.1, 0.15) is 0 Å². The van der Waals surface area contributed by atoms with Gasteiger partial charge in [0.15, 0.2) is 0 Å². The first-order valence-electron chi connectivity index (χ1n) is 6.81. The summed E-state index contributed by atoms with van der Waals surface area (Å²) in [5.74, 6) is 0. The van der Waals surface area contributed by atoms with E-state index in [1.54, 1.807) is 0 Å². The molecule has 2 rings (SSSR count). The molecule has 0 fully saturated rings. The van der Waals surface area contributed by atoms with Crippen molar-refractivity contribution in [1.82, 2.24) is 0 Å². The largest absolute Gasteiger partial charge is 0.370 e. The Morgan fingerprint density at radius 1 is 1.00 bits per heavy atom. The van der Waals surface area contributed by atoms with Gasteiger partial charge in [0.2, 0.25) is 0 Å². The third-order valence-electron chi connectivity index (χ3n) is 3.46. The predicted molar refractivity (Wildman–Crippen MR) is 82.2 cm³/mol. The molecule has 0 saturated carbocycles. The lowest BCUT2D eigenvalue weighted by atomic mass is 10.1. The summed E-state index contributed by atoms with van der Waals surface area (Å²) < 4.78 is 0. The molecular weight excluding hydrogens is 232 g/mol. The summed E-state index contributed by atoms with van der Waals surface area (Å²) in [6, 6.07) is 19.2. The van der Waals surface area contributed by atoms with E-state index in [0.29, 0.717) is 0 Å². The third-order valence-corrected chi connectivity index (χ3v) is 3.46. The van der Waals surface area contributed by atoms with Crippen LogP contribution in [0.2, 0.25) is 0 Å². The van der Waals surface area contributed by atoms with Gasteiger partial charge in [0, 0.05) is 25.3 Å². The molecule has 0 bridgehead atoms. The third kappa shape index (κ3) is 3.58. The molecule has 0 aliphatic heterocycles. The highest BCUT2D eigenvalue weighted by atomic mass is 15.1. The number of nitrogens with zero attached hydrogens (tertiary/aromatic N) is 1. The molecule has 0 aliphatic rings. The Morgan fingerprint density at radius 2 is 1.63 bits per heavy atom. The van der Waals surface area contributed by atoms with Crippen molar-refractivity contribution in [2.45, 2.75) is 25.9 Å². The molecular formula is C17H22N2. The summed E-state index contributed by atoms with van der Waals surface area (Å²) in [4.78, 5) is 2.25. The van der Waals surface area contributed by atoms with E-state index in [2.05, 4.69) is 67.4 Å². The zero-order valence-electron chi connectivity index (χ0n) is 11.7. The Hall–Kier alpha value is -1.80. The highest BCUT2D eigenvalue weighted by Crippen LogP contribution is 2.20. The molecule has 0 amide bonds. The van der Waals surface area contributed by atoms with E-state index in [4.69, 9.17) is 5.73 Å². The minimum absolute atomic E-state index is 0.147. The average Bonchev–Trinajstić information content (AvgIpc) is 2.47. The Morgan fingerprint density at radius 3 is 2.21 bits per heavy atom. The normalized spacial score (nSPS) is 12.2. The number of benzene rings is 2. The summed E-state index contributed by atoms with van der Waals surface area (Å²) in [7, 11) is 2.11. The zero-order valence-corrected chi connectivity index (χ0v) is 11.7. The first-order valence-corrected chi connectivity index (χ1v) is 6.81. The van der Waals surface area contributed by atoms with Gasteiger partial charge >= 0.3 is 0 Å². The van der Waals surface area contributed by atoms with Crippen molar-refractivity contribution in [3.63, 3.8) is 0 Å². The Bertz CT molecular complexity index is 490. The molecule has 0 aliphatic carbocycles. The van der Waals surface area contributed by atoms with Crippen LogP contribution in [0.4, 0.5) is 5.69 Å². The number of hydrogen-bond acceptors (Lipinski definition) is 2. The summed E-state index contributed by atoms with van der Waals surface area (Å²) in [5, 5.41) is 0. The highest BCUT2D eigenvalue weighted by molar-refractivity contribution is 5.47. The molecule has 2 N–H and O–H groups in total. The lowest BCUT2D eigenvalue weighted by Gasteiger charge is -2.20. The summed E-state index contributed by atoms with van der Waals surface area (Å²) in [6.45, 7) is 3.03. The van der Waals surface area contributed by atoms with Crippen molar-refractivity contribution in [2.75, 3.05) is 11.9 Å². The maximum Gasteiger partial charge on any atom is 0.0426 e. The van der Waals surface area contributed by atoms with Gasteiger partial charge in [0.25, 0.3) is 0 Å². The van der Waals surface area contributed by atoms with Crippen LogP contribution in [0.1, 0.15) is 30.5 Å². The summed E-state index contributed by atoms with van der Waals surface area (Å²) in [5.41, 5.74) is 9.78. The van der Waals surface area contributed by atoms with Crippen molar-refractivity contribution < 1.29 is 0 Å². The molecule has 2 heteroatoms. The molecule has 2 aromatic rings. The minimum Gasteiger partial charge on any atom is -0.370 e. The number of hydrogen-bond donors (Lipinski definition) is 1. The topological polar surface area (TPSA) is 29.3 Å². The van der Waals surface area contributed by atoms with Gasteiger partial charge in [-0.3, -0.25) is 0 Å². The van der Waals surface area contributed by atoms with Crippen LogP contribution in [0.25, 0.3) is 0 Å². The molecule has 19 heavy (non-hydrogen) atoms. The quantitative estimate of drug-likeness (QED) is 0.881. The van der Waals surface area contributed by atoms with Crippen LogP contribution in [-0.4, -0.2) is 7.05 Å². The molecule has 0 heterocycles. The van der Waals surface area contributed by atoms with Crippen LogP contribution in [0.5, 0.6) is 0 Å². The fraction of sp³-hybridized carbons (Fsp3) is 0.294. The first kappa shape index (κ1) is 13.6. The second-order valence-electron chi connectivity index (χ2n) is 4.95. The van der Waals surface area contributed by atoms with Crippen molar-refractivity contribution in [3.05, 3.63) is 65.7 Å². The maximum atomic E-state index is 6.03. The van der Waals surface area contributed by atoms with Crippen LogP contribution in [0.15, 0.2) is 54.6 Å². The SMILES string of the molecule is CC[C@H](N)c1ccc(N(C)Cc2ccccc2)cc1. The van der Waals surface area contributed by atoms with Crippen molar-refractivity contribution in [2.24, 2.45) is 5.73 Å². The highest BCUT2D eigenvalue weighted by Gasteiger charge is 2.05. The van der Waals surface area contributed by atoms with E-state index in [1.807, 2.05) is 6.07 Å². The molecule has 1 atom stereocenters. The molecule has 0 radical (unpaired) electrons. The van der Waals surface area contributed by atoms with Crippen molar-refractivity contribution in [1.29, 1.82) is 0 Å². The first-order chi connectivity index (χ1) is 9.20. The Balaban J connectivity index is 2.05. The predicted octanol–water partition coefficient (Wildman–Crippen LogP) is 3.73. The molecule has 0 unspecified atom stereocenters. The smallest absolute Gasteiger partial charge is 0.0426 e. The lowest BCUT2D eigenvalue weighted by molar-refractivity contribution is 0.698. The van der Waals surface area contributed by atoms with Gasteiger partial charge < -0.3 is 10.6 Å². The van der Waals surface area contributed by atoms with Crippen LogP contribution < -0.4 is 10.6 Å². The molecule has 0 saturated heterocycles. The number of anilines is 1. The second-order valence-corrected chi connectivity index (χ2v) is 4.95. The molecule has 2 nitrogen and oxygen atoms in total. The van der Waals surface area contributed by atoms with Crippen molar-refractivity contribution in [3.8, 4) is 0 Å². The van der Waals surface area contributed by atoms with Crippen LogP contribution in [0, 0.1) is 0 Å². The monoisotopic (exact) mass is 254 g/mol. The number of rotatable bonds is 5. The second kappa shape index (κ2) is 6.39. The number of nitrogens with two attached hydrogens (primary N) is 1. The lowest BCUT2D eigenvalue weighted by Crippen LogP contribution is -2.16. The Labute approximate surface area is 115 Å². The van der Waals surface area contributed by atoms with Gasteiger partial charge in [-0.25, -0.2) is 0 Å². The van der Waals surface area contributed by atoms with Gasteiger partial charge in [-0.2, -0.15) is 0 Å². The fourth-order valence-corrected chi connectivity index (χ4v) is 2.16. The van der Waals surface area contributed by atoms with Gasteiger partial charge in [-0.15, -0.1) is 0 Å².